The molecule has 1 heterocycles. The number of fused-ring (bicyclic) bond motifs is 1. The molecule has 3 rings (SSSR count). The molecular weight excluding hydrogens is 268 g/mol. The van der Waals surface area contributed by atoms with Crippen molar-refractivity contribution < 1.29 is 19.4 Å². The molecule has 0 spiro atoms. The van der Waals surface area contributed by atoms with E-state index in [0.29, 0.717) is 5.75 Å². The van der Waals surface area contributed by atoms with Crippen molar-refractivity contribution in [2.45, 2.75) is 12.8 Å². The van der Waals surface area contributed by atoms with Crippen LogP contribution in [0.2, 0.25) is 0 Å². The summed E-state index contributed by atoms with van der Waals surface area (Å²) in [6.45, 7) is 1.93. The van der Waals surface area contributed by atoms with E-state index in [1.165, 1.54) is 0 Å². The number of carboxylic acids is 1. The van der Waals surface area contributed by atoms with Gasteiger partial charge in [-0.1, -0.05) is 48.0 Å². The highest BCUT2D eigenvalue weighted by Gasteiger charge is 2.43. The van der Waals surface area contributed by atoms with Gasteiger partial charge in [-0.15, -0.1) is 0 Å². The molecule has 0 bridgehead atoms. The van der Waals surface area contributed by atoms with Crippen LogP contribution in [0.3, 0.4) is 0 Å². The van der Waals surface area contributed by atoms with E-state index >= 15 is 0 Å². The van der Waals surface area contributed by atoms with Gasteiger partial charge >= 0.3 is 11.9 Å². The minimum Gasteiger partial charge on any atom is -0.481 e. The fourth-order valence-electron chi connectivity index (χ4n) is 2.77. The predicted octanol–water partition coefficient (Wildman–Crippen LogP) is 2.75. The summed E-state index contributed by atoms with van der Waals surface area (Å²) in [6, 6.07) is 14.7. The topological polar surface area (TPSA) is 63.6 Å². The monoisotopic (exact) mass is 282 g/mol. The van der Waals surface area contributed by atoms with Crippen LogP contribution in [0.1, 0.15) is 22.6 Å². The van der Waals surface area contributed by atoms with Gasteiger partial charge in [-0.2, -0.15) is 0 Å². The minimum absolute atomic E-state index is 0.442. The van der Waals surface area contributed by atoms with Crippen LogP contribution in [0, 0.1) is 12.8 Å². The van der Waals surface area contributed by atoms with Gasteiger partial charge in [-0.05, 0) is 18.6 Å². The molecule has 0 radical (unpaired) electrons. The minimum atomic E-state index is -1.22. The van der Waals surface area contributed by atoms with Gasteiger partial charge in [0.05, 0.1) is 0 Å². The first-order valence-corrected chi connectivity index (χ1v) is 6.68. The lowest BCUT2D eigenvalue weighted by Crippen LogP contribution is -2.37. The molecule has 2 aromatic rings. The second-order valence-corrected chi connectivity index (χ2v) is 5.17. The first kappa shape index (κ1) is 13.4. The number of hydrogen-bond acceptors (Lipinski definition) is 3. The lowest BCUT2D eigenvalue weighted by atomic mass is 9.78. The molecule has 1 aliphatic heterocycles. The number of aryl methyl sites for hydroxylation is 1. The third kappa shape index (κ3) is 2.29. The highest BCUT2D eigenvalue weighted by molar-refractivity contribution is 5.98. The lowest BCUT2D eigenvalue weighted by Gasteiger charge is -2.30. The zero-order chi connectivity index (χ0) is 15.0. The molecule has 0 fully saturated rings. The summed E-state index contributed by atoms with van der Waals surface area (Å²) in [5, 5.41) is 9.43. The molecule has 21 heavy (non-hydrogen) atoms. The predicted molar refractivity (Wildman–Crippen MR) is 76.2 cm³/mol. The fraction of sp³-hybridized carbons (Fsp3) is 0.176. The maximum absolute atomic E-state index is 12.1. The van der Waals surface area contributed by atoms with Gasteiger partial charge in [0.25, 0.3) is 0 Å². The first-order chi connectivity index (χ1) is 10.1. The summed E-state index contributed by atoms with van der Waals surface area (Å²) in [7, 11) is 0. The molecule has 2 aromatic carbocycles. The Morgan fingerprint density at radius 2 is 1.86 bits per heavy atom. The van der Waals surface area contributed by atoms with Crippen molar-refractivity contribution >= 4 is 11.9 Å². The summed E-state index contributed by atoms with van der Waals surface area (Å²) in [5.41, 5.74) is 2.54. The molecule has 2 atom stereocenters. The molecule has 1 N–H and O–H groups in total. The maximum Gasteiger partial charge on any atom is 0.326 e. The van der Waals surface area contributed by atoms with Crippen LogP contribution in [0.15, 0.2) is 48.5 Å². The van der Waals surface area contributed by atoms with Gasteiger partial charge in [0, 0.05) is 11.5 Å². The van der Waals surface area contributed by atoms with Gasteiger partial charge in [0.2, 0.25) is 0 Å². The highest BCUT2D eigenvalue weighted by atomic mass is 16.5. The number of carbonyl (C=O) groups is 2. The van der Waals surface area contributed by atoms with Crippen molar-refractivity contribution in [1.29, 1.82) is 0 Å². The molecule has 0 amide bonds. The average molecular weight is 282 g/mol. The van der Waals surface area contributed by atoms with Crippen LogP contribution >= 0.6 is 0 Å². The molecule has 4 heteroatoms. The molecule has 0 aromatic heterocycles. The Labute approximate surface area is 122 Å². The number of hydrogen-bond donors (Lipinski definition) is 1. The van der Waals surface area contributed by atoms with E-state index in [4.69, 9.17) is 4.74 Å². The second-order valence-electron chi connectivity index (χ2n) is 5.17. The Kier molecular flexibility index (Phi) is 3.22. The van der Waals surface area contributed by atoms with Crippen molar-refractivity contribution in [3.05, 3.63) is 65.2 Å². The Morgan fingerprint density at radius 3 is 2.52 bits per heavy atom. The van der Waals surface area contributed by atoms with Gasteiger partial charge < -0.3 is 9.84 Å². The van der Waals surface area contributed by atoms with Gasteiger partial charge in [-0.3, -0.25) is 9.59 Å². The SMILES string of the molecule is Cc1ccc2c(c1)C(c1ccccc1)C(C(=O)O)C(=O)O2. The summed E-state index contributed by atoms with van der Waals surface area (Å²) >= 11 is 0. The third-order valence-corrected chi connectivity index (χ3v) is 3.72. The molecule has 0 aliphatic carbocycles. The van der Waals surface area contributed by atoms with E-state index < -0.39 is 23.8 Å². The largest absolute Gasteiger partial charge is 0.481 e. The third-order valence-electron chi connectivity index (χ3n) is 3.72. The zero-order valence-electron chi connectivity index (χ0n) is 11.4. The normalized spacial score (nSPS) is 20.5. The van der Waals surface area contributed by atoms with Crippen LogP contribution in [-0.2, 0) is 9.59 Å². The van der Waals surface area contributed by atoms with E-state index in [9.17, 15) is 14.7 Å². The molecule has 106 valence electrons. The Balaban J connectivity index is 2.22. The van der Waals surface area contributed by atoms with E-state index in [2.05, 4.69) is 0 Å². The zero-order valence-corrected chi connectivity index (χ0v) is 11.4. The summed E-state index contributed by atoms with van der Waals surface area (Å²) < 4.78 is 5.19. The van der Waals surface area contributed by atoms with Gasteiger partial charge in [0.1, 0.15) is 5.75 Å². The first-order valence-electron chi connectivity index (χ1n) is 6.68. The van der Waals surface area contributed by atoms with E-state index in [-0.39, 0.29) is 0 Å². The van der Waals surface area contributed by atoms with Crippen LogP contribution < -0.4 is 4.74 Å². The van der Waals surface area contributed by atoms with E-state index in [0.717, 1.165) is 16.7 Å². The van der Waals surface area contributed by atoms with Gasteiger partial charge in [-0.25, -0.2) is 0 Å². The van der Waals surface area contributed by atoms with Gasteiger partial charge in [0.15, 0.2) is 5.92 Å². The lowest BCUT2D eigenvalue weighted by molar-refractivity contribution is -0.154. The Bertz CT molecular complexity index is 706. The number of rotatable bonds is 2. The molecular formula is C17H14O4. The number of esters is 1. The van der Waals surface area contributed by atoms with Crippen molar-refractivity contribution in [2.75, 3.05) is 0 Å². The summed E-state index contributed by atoms with van der Waals surface area (Å²) in [4.78, 5) is 23.6. The van der Waals surface area contributed by atoms with Crippen LogP contribution in [-0.4, -0.2) is 17.0 Å². The average Bonchev–Trinajstić information content (AvgIpc) is 2.47. The number of aliphatic carboxylic acids is 1. The maximum atomic E-state index is 12.1. The Hall–Kier alpha value is -2.62. The van der Waals surface area contributed by atoms with E-state index in [1.54, 1.807) is 6.07 Å². The quantitative estimate of drug-likeness (QED) is 0.522. The number of benzene rings is 2. The van der Waals surface area contributed by atoms with Crippen LogP contribution in [0.4, 0.5) is 0 Å². The number of carbonyl (C=O) groups excluding carboxylic acids is 1. The van der Waals surface area contributed by atoms with Crippen molar-refractivity contribution in [2.24, 2.45) is 5.92 Å². The number of ether oxygens (including phenoxy) is 1. The van der Waals surface area contributed by atoms with Crippen molar-refractivity contribution in [3.8, 4) is 5.75 Å². The standard InChI is InChI=1S/C17H14O4/c1-10-7-8-13-12(9-10)14(11-5-3-2-4-6-11)15(16(18)19)17(20)21-13/h2-9,14-15H,1H3,(H,18,19). The molecule has 0 saturated heterocycles. The smallest absolute Gasteiger partial charge is 0.326 e. The fourth-order valence-corrected chi connectivity index (χ4v) is 2.77. The molecule has 1 aliphatic rings. The molecule has 2 unspecified atom stereocenters. The second kappa shape index (κ2) is 5.05. The summed E-state index contributed by atoms with van der Waals surface area (Å²) in [6.07, 6.45) is 0. The number of carboxylic acid groups (broad SMARTS) is 1. The van der Waals surface area contributed by atoms with Crippen LogP contribution in [0.25, 0.3) is 0 Å². The highest BCUT2D eigenvalue weighted by Crippen LogP contribution is 2.42. The molecule has 0 saturated carbocycles. The summed E-state index contributed by atoms with van der Waals surface area (Å²) in [5.74, 6) is -3.19. The van der Waals surface area contributed by atoms with Crippen molar-refractivity contribution in [3.63, 3.8) is 0 Å². The Morgan fingerprint density at radius 1 is 1.14 bits per heavy atom. The van der Waals surface area contributed by atoms with E-state index in [1.807, 2.05) is 49.4 Å². The van der Waals surface area contributed by atoms with Crippen molar-refractivity contribution in [1.82, 2.24) is 0 Å². The van der Waals surface area contributed by atoms with Crippen LogP contribution in [0.5, 0.6) is 5.75 Å². The molecule has 4 nitrogen and oxygen atoms in total.